The molecule has 0 amide bonds. The van der Waals surface area contributed by atoms with Crippen molar-refractivity contribution in [3.05, 3.63) is 0 Å². The molecule has 0 bridgehead atoms. The van der Waals surface area contributed by atoms with E-state index in [1.807, 2.05) is 0 Å². The summed E-state index contributed by atoms with van der Waals surface area (Å²) in [6.45, 7) is 0. The maximum absolute atomic E-state index is 9.41. The molecule has 0 radical (unpaired) electrons. The Balaban J connectivity index is 4.06. The number of nitrogens with two attached hydrogens (primary N) is 2. The van der Waals surface area contributed by atoms with Gasteiger partial charge in [-0.25, -0.2) is 19.3 Å². The molecule has 5 N–H and O–H groups in total. The first-order valence-electron chi connectivity index (χ1n) is 0.842. The Bertz CT molecular complexity index is 90.1. The molecule has 4 nitrogen and oxygen atoms in total. The van der Waals surface area contributed by atoms with Crippen LogP contribution in [0.3, 0.4) is 0 Å². The lowest BCUT2D eigenvalue weighted by Crippen LogP contribution is -2.19. The number of rotatable bonds is 0. The summed E-state index contributed by atoms with van der Waals surface area (Å²) in [5.74, 6) is 0. The lowest BCUT2D eigenvalue weighted by atomic mass is 13.9. The van der Waals surface area contributed by atoms with Crippen LogP contribution in [0.25, 0.3) is 0 Å². The van der Waals surface area contributed by atoms with E-state index in [-0.39, 0.29) is 0 Å². The van der Waals surface area contributed by atoms with Crippen LogP contribution in [-0.4, -0.2) is 4.21 Å². The molecule has 0 aliphatic heterocycles. The minimum Gasteiger partial charge on any atom is -0.233 e. The van der Waals surface area contributed by atoms with E-state index in [4.69, 9.17) is 4.78 Å². The monoisotopic (exact) mass is 95.0 g/mol. The molecule has 0 aromatic rings. The van der Waals surface area contributed by atoms with Crippen LogP contribution in [0.4, 0.5) is 0 Å². The van der Waals surface area contributed by atoms with E-state index < -0.39 is 10.1 Å². The van der Waals surface area contributed by atoms with Crippen LogP contribution in [-0.2, 0) is 10.1 Å². The third kappa shape index (κ3) is 801. The van der Waals surface area contributed by atoms with E-state index >= 15 is 0 Å². The molecule has 5 heavy (non-hydrogen) atoms. The highest BCUT2D eigenvalue weighted by atomic mass is 32.2. The van der Waals surface area contributed by atoms with Crippen LogP contribution in [0.5, 0.6) is 0 Å². The van der Waals surface area contributed by atoms with Crippen molar-refractivity contribution in [1.29, 1.82) is 4.78 Å². The quantitative estimate of drug-likeness (QED) is 0.345. The molecule has 5 heteroatoms. The van der Waals surface area contributed by atoms with Gasteiger partial charge >= 0.3 is 0 Å². The minimum absolute atomic E-state index is 3.17. The molecule has 32 valence electrons. The molecule has 0 aromatic heterocycles. The van der Waals surface area contributed by atoms with E-state index in [1.54, 1.807) is 0 Å². The second-order valence-electron chi connectivity index (χ2n) is 0.648. The lowest BCUT2D eigenvalue weighted by Gasteiger charge is -1.77. The fraction of sp³-hybridized carbons (Fsp3) is 0. The molecule has 0 rings (SSSR count). The van der Waals surface area contributed by atoms with Gasteiger partial charge in [-0.1, -0.05) is 0 Å². The van der Waals surface area contributed by atoms with Crippen molar-refractivity contribution in [2.45, 2.75) is 0 Å². The minimum atomic E-state index is -3.17. The topological polar surface area (TPSA) is 93.0 Å². The fourth-order valence-electron chi connectivity index (χ4n) is 0. The summed E-state index contributed by atoms with van der Waals surface area (Å²) in [7, 11) is -3.17. The van der Waals surface area contributed by atoms with Crippen LogP contribution < -0.4 is 10.3 Å². The predicted octanol–water partition coefficient (Wildman–Crippen LogP) is -1.22. The SMILES string of the molecule is N=S(N)(N)=O. The molecule has 0 aliphatic rings. The van der Waals surface area contributed by atoms with E-state index in [0.29, 0.717) is 0 Å². The second-order valence-corrected chi connectivity index (χ2v) is 1.94. The summed E-state index contributed by atoms with van der Waals surface area (Å²) < 4.78 is 15.4. The van der Waals surface area contributed by atoms with Gasteiger partial charge in [0, 0.05) is 0 Å². The van der Waals surface area contributed by atoms with Gasteiger partial charge in [-0.2, -0.15) is 0 Å². The van der Waals surface area contributed by atoms with E-state index in [1.165, 1.54) is 0 Å². The van der Waals surface area contributed by atoms with E-state index in [9.17, 15) is 4.21 Å². The number of hydrogen-bond donors (Lipinski definition) is 3. The highest BCUT2D eigenvalue weighted by molar-refractivity contribution is 7.87. The van der Waals surface area contributed by atoms with Crippen molar-refractivity contribution in [3.8, 4) is 0 Å². The zero-order chi connectivity index (χ0) is 4.50. The van der Waals surface area contributed by atoms with Crippen molar-refractivity contribution in [1.82, 2.24) is 0 Å². The van der Waals surface area contributed by atoms with Crippen LogP contribution in [0, 0.1) is 4.78 Å². The van der Waals surface area contributed by atoms with Gasteiger partial charge in [-0.05, 0) is 0 Å². The maximum atomic E-state index is 9.41. The van der Waals surface area contributed by atoms with E-state index in [0.717, 1.165) is 0 Å². The summed E-state index contributed by atoms with van der Waals surface area (Å²) in [4.78, 5) is 0. The average Bonchev–Trinajstić information content (AvgIpc) is 0.722. The molecule has 0 aliphatic carbocycles. The molecule has 0 unspecified atom stereocenters. The summed E-state index contributed by atoms with van der Waals surface area (Å²) in [5, 5.41) is 8.65. The van der Waals surface area contributed by atoms with Gasteiger partial charge in [0.05, 0.1) is 0 Å². The first-order chi connectivity index (χ1) is 2.00. The normalized spacial score (nSPS) is 11.6. The third-order valence-corrected chi connectivity index (χ3v) is 0. The zero-order valence-electron chi connectivity index (χ0n) is 2.47. The predicted molar refractivity (Wildman–Crippen MR) is 19.2 cm³/mol. The average molecular weight is 95.1 g/mol. The first-order valence-corrected chi connectivity index (χ1v) is 2.53. The number of nitrogens with one attached hydrogen (secondary N) is 1. The Kier molecular flexibility index (Phi) is 0.901. The molecule has 0 atom stereocenters. The van der Waals surface area contributed by atoms with Gasteiger partial charge in [0.2, 0.25) is 0 Å². The Morgan fingerprint density at radius 2 is 1.60 bits per heavy atom. The molecule has 0 spiro atoms. The van der Waals surface area contributed by atoms with Gasteiger partial charge < -0.3 is 0 Å². The molecule has 0 saturated heterocycles. The molecular formula is H5N3OS. The summed E-state index contributed by atoms with van der Waals surface area (Å²) >= 11 is 0. The van der Waals surface area contributed by atoms with Crippen LogP contribution in [0.15, 0.2) is 0 Å². The van der Waals surface area contributed by atoms with Crippen LogP contribution in [0.1, 0.15) is 0 Å². The Labute approximate surface area is 30.4 Å². The van der Waals surface area contributed by atoms with Gasteiger partial charge in [0.1, 0.15) is 0 Å². The van der Waals surface area contributed by atoms with Crippen LogP contribution >= 0.6 is 0 Å². The van der Waals surface area contributed by atoms with Crippen molar-refractivity contribution in [3.63, 3.8) is 0 Å². The molecular weight excluding hydrogens is 90.1 g/mol. The van der Waals surface area contributed by atoms with Crippen molar-refractivity contribution < 1.29 is 4.21 Å². The summed E-state index contributed by atoms with van der Waals surface area (Å²) in [6.07, 6.45) is 0. The molecule has 0 heterocycles. The summed E-state index contributed by atoms with van der Waals surface area (Å²) in [5.41, 5.74) is 0. The second kappa shape index (κ2) is 0.925. The summed E-state index contributed by atoms with van der Waals surface area (Å²) in [6, 6.07) is 0. The lowest BCUT2D eigenvalue weighted by molar-refractivity contribution is 0.677. The molecule has 0 aromatic carbocycles. The largest absolute Gasteiger partial charge is 0.233 e. The zero-order valence-corrected chi connectivity index (χ0v) is 3.29. The van der Waals surface area contributed by atoms with E-state index in [2.05, 4.69) is 10.3 Å². The van der Waals surface area contributed by atoms with Crippen LogP contribution in [0.2, 0.25) is 0 Å². The Morgan fingerprint density at radius 1 is 1.60 bits per heavy atom. The van der Waals surface area contributed by atoms with Crippen molar-refractivity contribution in [2.75, 3.05) is 0 Å². The standard InChI is InChI=1S/H5N3OS/c1-5(2,3)4/h(H5,1,2,3,4). The first kappa shape index (κ1) is 4.87. The Morgan fingerprint density at radius 3 is 1.60 bits per heavy atom. The van der Waals surface area contributed by atoms with Crippen molar-refractivity contribution >= 4 is 10.1 Å². The Hall–Kier alpha value is -0.130. The fourth-order valence-corrected chi connectivity index (χ4v) is 0. The van der Waals surface area contributed by atoms with Gasteiger partial charge in [0.25, 0.3) is 0 Å². The number of hydrogen-bond acceptors (Lipinski definition) is 2. The van der Waals surface area contributed by atoms with Crippen molar-refractivity contribution in [2.24, 2.45) is 10.3 Å². The van der Waals surface area contributed by atoms with Gasteiger partial charge in [-0.15, -0.1) is 0 Å². The third-order valence-electron chi connectivity index (χ3n) is 0. The highest BCUT2D eigenvalue weighted by Crippen LogP contribution is 1.45. The molecule has 0 fully saturated rings. The van der Waals surface area contributed by atoms with Gasteiger partial charge in [0.15, 0.2) is 10.1 Å². The smallest absolute Gasteiger partial charge is 0.164 e. The highest BCUT2D eigenvalue weighted by Gasteiger charge is 1.71. The van der Waals surface area contributed by atoms with Gasteiger partial charge in [-0.3, -0.25) is 0 Å². The maximum Gasteiger partial charge on any atom is 0.164 e. The molecule has 0 saturated carbocycles.